The molecule has 3 heterocycles. The van der Waals surface area contributed by atoms with Crippen LogP contribution in [0.4, 0.5) is 0 Å². The maximum atomic E-state index is 12.8. The lowest BCUT2D eigenvalue weighted by molar-refractivity contribution is 0.0307. The largest absolute Gasteiger partial charge is 0.384 e. The summed E-state index contributed by atoms with van der Waals surface area (Å²) in [5, 5.41) is 0. The maximum Gasteiger partial charge on any atom is 0.272 e. The van der Waals surface area contributed by atoms with Gasteiger partial charge in [-0.05, 0) is 31.1 Å². The summed E-state index contributed by atoms with van der Waals surface area (Å²) in [4.78, 5) is 21.6. The second kappa shape index (κ2) is 6.72. The van der Waals surface area contributed by atoms with Crippen molar-refractivity contribution in [1.82, 2.24) is 19.4 Å². The van der Waals surface area contributed by atoms with Crippen molar-refractivity contribution >= 4 is 5.91 Å². The second-order valence-corrected chi connectivity index (χ2v) is 8.21. The minimum atomic E-state index is 0.118. The summed E-state index contributed by atoms with van der Waals surface area (Å²) in [6, 6.07) is 0.799. The van der Waals surface area contributed by atoms with E-state index in [4.69, 9.17) is 4.74 Å². The van der Waals surface area contributed by atoms with Crippen molar-refractivity contribution in [2.75, 3.05) is 39.9 Å². The van der Waals surface area contributed by atoms with Crippen LogP contribution in [0.15, 0.2) is 12.5 Å². The van der Waals surface area contributed by atoms with Gasteiger partial charge in [-0.1, -0.05) is 6.42 Å². The predicted octanol–water partition coefficient (Wildman–Crippen LogP) is 1.77. The molecular weight excluding hydrogens is 316 g/mol. The van der Waals surface area contributed by atoms with Gasteiger partial charge < -0.3 is 14.2 Å². The Morgan fingerprint density at radius 1 is 1.36 bits per heavy atom. The van der Waals surface area contributed by atoms with E-state index in [1.807, 2.05) is 23.6 Å². The summed E-state index contributed by atoms with van der Waals surface area (Å²) < 4.78 is 7.38. The Kier molecular flexibility index (Phi) is 4.58. The van der Waals surface area contributed by atoms with Crippen molar-refractivity contribution < 1.29 is 9.53 Å². The van der Waals surface area contributed by atoms with E-state index in [1.165, 1.54) is 32.4 Å². The molecule has 1 spiro atoms. The number of hydrogen-bond acceptors (Lipinski definition) is 4. The Bertz CT molecular complexity index is 617. The Hall–Kier alpha value is -1.40. The van der Waals surface area contributed by atoms with E-state index in [-0.39, 0.29) is 5.91 Å². The Morgan fingerprint density at radius 3 is 2.68 bits per heavy atom. The molecule has 1 unspecified atom stereocenters. The zero-order valence-corrected chi connectivity index (χ0v) is 15.5. The van der Waals surface area contributed by atoms with Gasteiger partial charge in [0.15, 0.2) is 0 Å². The number of amides is 1. The van der Waals surface area contributed by atoms with Gasteiger partial charge in [-0.3, -0.25) is 9.69 Å². The molecular formula is C19H30N4O2. The molecule has 6 nitrogen and oxygen atoms in total. The van der Waals surface area contributed by atoms with Crippen molar-refractivity contribution in [3.63, 3.8) is 0 Å². The van der Waals surface area contributed by atoms with Crippen LogP contribution in [0.25, 0.3) is 0 Å². The van der Waals surface area contributed by atoms with Crippen molar-refractivity contribution in [1.29, 1.82) is 0 Å². The number of likely N-dealkylation sites (tertiary alicyclic amines) is 2. The summed E-state index contributed by atoms with van der Waals surface area (Å²) in [6.45, 7) is 4.91. The third-order valence-electron chi connectivity index (χ3n) is 6.88. The highest BCUT2D eigenvalue weighted by atomic mass is 16.5. The van der Waals surface area contributed by atoms with Gasteiger partial charge in [0, 0.05) is 52.3 Å². The molecule has 1 aromatic heterocycles. The SMILES string of the molecule is COCC1CN(C2CCC2)CC12CCN(C(=O)c1cncn1C)CC2. The Morgan fingerprint density at radius 2 is 2.12 bits per heavy atom. The molecule has 2 saturated heterocycles. The van der Waals surface area contributed by atoms with Gasteiger partial charge in [0.2, 0.25) is 0 Å². The normalized spacial score (nSPS) is 27.0. The highest BCUT2D eigenvalue weighted by Crippen LogP contribution is 2.47. The van der Waals surface area contributed by atoms with E-state index >= 15 is 0 Å². The fraction of sp³-hybridized carbons (Fsp3) is 0.789. The number of aromatic nitrogens is 2. The molecule has 1 atom stereocenters. The van der Waals surface area contributed by atoms with E-state index < -0.39 is 0 Å². The number of rotatable bonds is 4. The summed E-state index contributed by atoms with van der Waals surface area (Å²) in [5.41, 5.74) is 1.02. The van der Waals surface area contributed by atoms with Gasteiger partial charge in [-0.2, -0.15) is 0 Å². The number of aryl methyl sites for hydroxylation is 1. The molecule has 1 saturated carbocycles. The second-order valence-electron chi connectivity index (χ2n) is 8.21. The number of piperidine rings is 1. The number of methoxy groups -OCH3 is 1. The van der Waals surface area contributed by atoms with Gasteiger partial charge in [-0.15, -0.1) is 0 Å². The molecule has 0 N–H and O–H groups in total. The van der Waals surface area contributed by atoms with Crippen LogP contribution in [-0.4, -0.2) is 71.2 Å². The molecule has 2 aliphatic heterocycles. The van der Waals surface area contributed by atoms with Crippen molar-refractivity contribution in [2.24, 2.45) is 18.4 Å². The van der Waals surface area contributed by atoms with Crippen molar-refractivity contribution in [3.05, 3.63) is 18.2 Å². The van der Waals surface area contributed by atoms with Crippen LogP contribution in [0.2, 0.25) is 0 Å². The molecule has 138 valence electrons. The van der Waals surface area contributed by atoms with Crippen LogP contribution in [-0.2, 0) is 11.8 Å². The van der Waals surface area contributed by atoms with Crippen LogP contribution in [0.3, 0.4) is 0 Å². The third-order valence-corrected chi connectivity index (χ3v) is 6.88. The quantitative estimate of drug-likeness (QED) is 0.834. The Labute approximate surface area is 150 Å². The molecule has 0 bridgehead atoms. The number of carbonyl (C=O) groups excluding carboxylic acids is 1. The third kappa shape index (κ3) is 2.99. The molecule has 4 rings (SSSR count). The monoisotopic (exact) mass is 346 g/mol. The molecule has 25 heavy (non-hydrogen) atoms. The topological polar surface area (TPSA) is 50.6 Å². The van der Waals surface area contributed by atoms with E-state index in [2.05, 4.69) is 9.88 Å². The summed E-state index contributed by atoms with van der Waals surface area (Å²) in [5.74, 6) is 0.721. The van der Waals surface area contributed by atoms with Gasteiger partial charge >= 0.3 is 0 Å². The zero-order chi connectivity index (χ0) is 17.4. The van der Waals surface area contributed by atoms with E-state index in [0.29, 0.717) is 17.0 Å². The molecule has 3 aliphatic rings. The molecule has 3 fully saturated rings. The number of imidazole rings is 1. The standard InChI is InChI=1S/C19H30N4O2/c1-21-14-20-10-17(21)18(24)22-8-6-19(7-9-22)13-23(16-4-3-5-16)11-15(19)12-25-2/h10,14-16H,3-9,11-13H2,1-2H3. The number of carbonyl (C=O) groups is 1. The summed E-state index contributed by atoms with van der Waals surface area (Å²) in [7, 11) is 3.70. The lowest BCUT2D eigenvalue weighted by atomic mass is 9.71. The fourth-order valence-electron chi connectivity index (χ4n) is 4.98. The first-order valence-electron chi connectivity index (χ1n) is 9.61. The minimum absolute atomic E-state index is 0.118. The summed E-state index contributed by atoms with van der Waals surface area (Å²) >= 11 is 0. The van der Waals surface area contributed by atoms with E-state index in [0.717, 1.165) is 38.6 Å². The smallest absolute Gasteiger partial charge is 0.272 e. The molecule has 0 aromatic carbocycles. The van der Waals surface area contributed by atoms with Gasteiger partial charge in [-0.25, -0.2) is 4.98 Å². The van der Waals surface area contributed by atoms with Crippen molar-refractivity contribution in [3.8, 4) is 0 Å². The molecule has 1 amide bonds. The lowest BCUT2D eigenvalue weighted by Gasteiger charge is -2.43. The zero-order valence-electron chi connectivity index (χ0n) is 15.5. The highest BCUT2D eigenvalue weighted by Gasteiger charge is 2.50. The first-order valence-corrected chi connectivity index (χ1v) is 9.61. The average Bonchev–Trinajstić information content (AvgIpc) is 3.11. The van der Waals surface area contributed by atoms with E-state index in [9.17, 15) is 4.79 Å². The maximum absolute atomic E-state index is 12.8. The summed E-state index contributed by atoms with van der Waals surface area (Å²) in [6.07, 6.45) is 9.66. The van der Waals surface area contributed by atoms with Crippen LogP contribution in [0.1, 0.15) is 42.6 Å². The van der Waals surface area contributed by atoms with E-state index in [1.54, 1.807) is 12.5 Å². The molecule has 1 aliphatic carbocycles. The van der Waals surface area contributed by atoms with Gasteiger partial charge in [0.05, 0.1) is 19.1 Å². The molecule has 1 aromatic rings. The minimum Gasteiger partial charge on any atom is -0.384 e. The van der Waals surface area contributed by atoms with Crippen molar-refractivity contribution in [2.45, 2.75) is 38.1 Å². The van der Waals surface area contributed by atoms with Crippen LogP contribution in [0.5, 0.6) is 0 Å². The number of hydrogen-bond donors (Lipinski definition) is 0. The fourth-order valence-corrected chi connectivity index (χ4v) is 4.98. The molecule has 0 radical (unpaired) electrons. The van der Waals surface area contributed by atoms with Crippen LogP contribution >= 0.6 is 0 Å². The van der Waals surface area contributed by atoms with Crippen LogP contribution < -0.4 is 0 Å². The first kappa shape index (κ1) is 17.0. The Balaban J connectivity index is 1.43. The lowest BCUT2D eigenvalue weighted by Crippen LogP contribution is -2.48. The predicted molar refractivity (Wildman–Crippen MR) is 95.4 cm³/mol. The van der Waals surface area contributed by atoms with Gasteiger partial charge in [0.1, 0.15) is 5.69 Å². The van der Waals surface area contributed by atoms with Gasteiger partial charge in [0.25, 0.3) is 5.91 Å². The number of nitrogens with zero attached hydrogens (tertiary/aromatic N) is 4. The highest BCUT2D eigenvalue weighted by molar-refractivity contribution is 5.92. The van der Waals surface area contributed by atoms with Crippen LogP contribution in [0, 0.1) is 11.3 Å². The first-order chi connectivity index (χ1) is 12.1. The average molecular weight is 346 g/mol. The number of ether oxygens (including phenoxy) is 1. The molecule has 6 heteroatoms.